The molecule has 22 N–H and O–H groups in total. The summed E-state index contributed by atoms with van der Waals surface area (Å²) in [5.74, 6) is -5.41. The molecule has 0 aromatic heterocycles. The summed E-state index contributed by atoms with van der Waals surface area (Å²) in [4.78, 5) is 105. The molecule has 1 aliphatic rings. The number of carboxylic acids is 1. The Morgan fingerprint density at radius 2 is 1.35 bits per heavy atom. The number of rotatable bonds is 35. The van der Waals surface area contributed by atoms with Crippen molar-refractivity contribution in [3.63, 3.8) is 0 Å². The van der Waals surface area contributed by atoms with E-state index in [9.17, 15) is 43.8 Å². The third kappa shape index (κ3) is 24.6. The van der Waals surface area contributed by atoms with Gasteiger partial charge in [0.2, 0.25) is 35.4 Å². The first kappa shape index (κ1) is 63.8. The van der Waals surface area contributed by atoms with Crippen molar-refractivity contribution >= 4 is 53.3 Å². The number of hydrogen-bond acceptors (Lipinski definition) is 15. The van der Waals surface area contributed by atoms with Crippen molar-refractivity contribution in [2.45, 2.75) is 122 Å². The van der Waals surface area contributed by atoms with Gasteiger partial charge in [-0.15, -0.1) is 0 Å². The van der Waals surface area contributed by atoms with Crippen LogP contribution in [0.15, 0.2) is 34.3 Å². The molecule has 6 amide bonds. The van der Waals surface area contributed by atoms with E-state index in [-0.39, 0.29) is 87.9 Å². The van der Waals surface area contributed by atoms with E-state index in [2.05, 4.69) is 52.5 Å². The largest absolute Gasteiger partial charge is 0.508 e. The van der Waals surface area contributed by atoms with Crippen molar-refractivity contribution in [3.8, 4) is 5.75 Å². The Labute approximate surface area is 434 Å². The number of aliphatic carboxylic acids is 1. The number of carboxylic acid groups (broad SMARTS) is 1. The van der Waals surface area contributed by atoms with Gasteiger partial charge in [0, 0.05) is 77.9 Å². The number of carbonyl (C=O) groups is 7. The van der Waals surface area contributed by atoms with E-state index >= 15 is 0 Å². The van der Waals surface area contributed by atoms with E-state index in [1.54, 1.807) is 32.9 Å². The van der Waals surface area contributed by atoms with Gasteiger partial charge in [0.25, 0.3) is 0 Å². The van der Waals surface area contributed by atoms with Crippen LogP contribution in [-0.4, -0.2) is 177 Å². The van der Waals surface area contributed by atoms with Crippen LogP contribution in [0.1, 0.15) is 85.1 Å². The highest BCUT2D eigenvalue weighted by atomic mass is 16.4. The minimum atomic E-state index is -1.29. The Morgan fingerprint density at radius 3 is 1.89 bits per heavy atom. The van der Waals surface area contributed by atoms with E-state index in [4.69, 9.17) is 34.4 Å². The van der Waals surface area contributed by atoms with Crippen LogP contribution in [0.25, 0.3) is 0 Å². The molecular formula is C48H87N17O9. The van der Waals surface area contributed by atoms with E-state index in [0.29, 0.717) is 70.5 Å². The van der Waals surface area contributed by atoms with Crippen LogP contribution < -0.4 is 76.9 Å². The van der Waals surface area contributed by atoms with Gasteiger partial charge in [-0.3, -0.25) is 38.8 Å². The molecule has 1 fully saturated rings. The van der Waals surface area contributed by atoms with E-state index in [1.165, 1.54) is 17.0 Å². The predicted octanol–water partition coefficient (Wildman–Crippen LogP) is -4.06. The molecule has 0 saturated carbocycles. The van der Waals surface area contributed by atoms with Crippen molar-refractivity contribution in [1.82, 2.24) is 47.4 Å². The fourth-order valence-corrected chi connectivity index (χ4v) is 8.19. The minimum Gasteiger partial charge on any atom is -0.508 e. The molecule has 0 aliphatic carbocycles. The van der Waals surface area contributed by atoms with Crippen molar-refractivity contribution in [2.24, 2.45) is 61.6 Å². The van der Waals surface area contributed by atoms with Crippen molar-refractivity contribution in [1.29, 1.82) is 0 Å². The standard InChI is InChI=1S/C48H87N17O9/c1-29(2)23-36(45(73)74)63-43(71)39(48(3,4)5)64-41(69)35(24-30-12-14-33(66)15-13-30)62-42(70)37-11-8-22-65(37)44(72)34(10-7-19-58-47(53)54)59-27-32(9-6-18-57-46(51)52)61-38(67)28-60-40(68)31(25-55-20-16-49)26-56-21-17-50/h12-15,29,31-32,34-37,39,55-56,59,66H,6-11,16-28,49-50H2,1-5H3,(H,60,68)(H,61,67)(H,62,70)(H,63,71)(H,64,69)(H,73,74)(H4,51,52,57)(H4,53,54,58)/t32-,34-,35-,36-,37-,39+/m0/s1. The second-order valence-corrected chi connectivity index (χ2v) is 20.0. The average Bonchev–Trinajstić information content (AvgIpc) is 3.83. The van der Waals surface area contributed by atoms with Gasteiger partial charge in [0.05, 0.1) is 18.5 Å². The lowest BCUT2D eigenvalue weighted by Gasteiger charge is -2.33. The number of aliphatic imine (C=N–C) groups is 2. The first-order chi connectivity index (χ1) is 35.0. The monoisotopic (exact) mass is 1050 g/mol. The summed E-state index contributed by atoms with van der Waals surface area (Å²) in [6.45, 7) is 11.6. The number of benzene rings is 1. The van der Waals surface area contributed by atoms with Crippen LogP contribution in [0, 0.1) is 17.3 Å². The molecule has 0 bridgehead atoms. The number of amides is 6. The predicted molar refractivity (Wildman–Crippen MR) is 283 cm³/mol. The van der Waals surface area contributed by atoms with Gasteiger partial charge in [-0.1, -0.05) is 46.8 Å². The zero-order chi connectivity index (χ0) is 55.4. The number of phenolic OH excluding ortho intramolecular Hbond substituents is 1. The Kier molecular flexibility index (Phi) is 28.8. The first-order valence-electron chi connectivity index (χ1n) is 25.4. The molecule has 1 heterocycles. The third-order valence-corrected chi connectivity index (χ3v) is 12.0. The summed E-state index contributed by atoms with van der Waals surface area (Å²) in [5, 5.41) is 43.2. The highest BCUT2D eigenvalue weighted by Crippen LogP contribution is 2.23. The molecule has 2 rings (SSSR count). The van der Waals surface area contributed by atoms with Crippen LogP contribution in [0.3, 0.4) is 0 Å². The number of nitrogens with zero attached hydrogens (tertiary/aromatic N) is 3. The SMILES string of the molecule is CC(C)C[C@H](NC(=O)[C@@H](NC(=O)[C@H](Cc1ccc(O)cc1)NC(=O)[C@@H]1CCCN1C(=O)[C@H](CCCN=C(N)N)NC[C@H](CCCN=C(N)N)NC(=O)CNC(=O)C(CNCCN)CNCCN)C(C)(C)C)C(=O)O. The van der Waals surface area contributed by atoms with Crippen LogP contribution in [0.4, 0.5) is 0 Å². The maximum Gasteiger partial charge on any atom is 0.326 e. The molecule has 0 radical (unpaired) electrons. The second kappa shape index (κ2) is 33.5. The molecule has 74 heavy (non-hydrogen) atoms. The van der Waals surface area contributed by atoms with Gasteiger partial charge in [0.1, 0.15) is 29.9 Å². The quantitative estimate of drug-likeness (QED) is 0.0175. The van der Waals surface area contributed by atoms with Crippen molar-refractivity contribution in [2.75, 3.05) is 72.0 Å². The topological polar surface area (TPSA) is 440 Å². The van der Waals surface area contributed by atoms with Gasteiger partial charge in [-0.05, 0) is 74.0 Å². The number of guanidine groups is 2. The summed E-state index contributed by atoms with van der Waals surface area (Å²) in [5.41, 5.74) is 33.1. The molecule has 26 heteroatoms. The number of aromatic hydroxyl groups is 1. The zero-order valence-corrected chi connectivity index (χ0v) is 43.9. The number of phenols is 1. The number of nitrogens with two attached hydrogens (primary N) is 6. The van der Waals surface area contributed by atoms with Gasteiger partial charge >= 0.3 is 5.97 Å². The average molecular weight is 1050 g/mol. The number of likely N-dealkylation sites (tertiary alicyclic amines) is 1. The van der Waals surface area contributed by atoms with Crippen LogP contribution in [0.2, 0.25) is 0 Å². The Bertz CT molecular complexity index is 1980. The molecule has 0 unspecified atom stereocenters. The van der Waals surface area contributed by atoms with Crippen LogP contribution in [-0.2, 0) is 40.0 Å². The van der Waals surface area contributed by atoms with Gasteiger partial charge in [0.15, 0.2) is 11.9 Å². The molecule has 1 aromatic rings. The summed E-state index contributed by atoms with van der Waals surface area (Å²) < 4.78 is 0. The number of nitrogens with one attached hydrogen (secondary N) is 8. The first-order valence-corrected chi connectivity index (χ1v) is 25.4. The maximum atomic E-state index is 14.7. The molecule has 1 saturated heterocycles. The number of hydrogen-bond donors (Lipinski definition) is 16. The second-order valence-electron chi connectivity index (χ2n) is 20.0. The molecule has 418 valence electrons. The summed E-state index contributed by atoms with van der Waals surface area (Å²) in [7, 11) is 0. The lowest BCUT2D eigenvalue weighted by atomic mass is 9.85. The lowest BCUT2D eigenvalue weighted by molar-refractivity contribution is -0.143. The van der Waals surface area contributed by atoms with Gasteiger partial charge < -0.3 is 92.0 Å². The molecule has 0 spiro atoms. The van der Waals surface area contributed by atoms with E-state index in [1.807, 2.05) is 13.8 Å². The van der Waals surface area contributed by atoms with Crippen LogP contribution >= 0.6 is 0 Å². The summed E-state index contributed by atoms with van der Waals surface area (Å²) in [6, 6.07) is -0.231. The maximum absolute atomic E-state index is 14.7. The smallest absolute Gasteiger partial charge is 0.326 e. The van der Waals surface area contributed by atoms with Gasteiger partial charge in [-0.25, -0.2) is 4.79 Å². The fraction of sp³-hybridized carbons (Fsp3) is 0.688. The zero-order valence-electron chi connectivity index (χ0n) is 43.9. The van der Waals surface area contributed by atoms with Crippen molar-refractivity contribution in [3.05, 3.63) is 29.8 Å². The van der Waals surface area contributed by atoms with E-state index < -0.39 is 83.1 Å². The molecule has 26 nitrogen and oxygen atoms in total. The third-order valence-electron chi connectivity index (χ3n) is 12.0. The highest BCUT2D eigenvalue weighted by molar-refractivity contribution is 5.96. The fourth-order valence-electron chi connectivity index (χ4n) is 8.19. The minimum absolute atomic E-state index is 0.0217. The molecule has 1 aromatic carbocycles. The summed E-state index contributed by atoms with van der Waals surface area (Å²) >= 11 is 0. The van der Waals surface area contributed by atoms with Crippen molar-refractivity contribution < 1.29 is 43.8 Å². The van der Waals surface area contributed by atoms with Crippen LogP contribution in [0.5, 0.6) is 5.75 Å². The molecule has 1 aliphatic heterocycles. The Balaban J connectivity index is 2.40. The normalized spacial score (nSPS) is 15.5. The lowest BCUT2D eigenvalue weighted by Crippen LogP contribution is -2.61. The summed E-state index contributed by atoms with van der Waals surface area (Å²) in [6.07, 6.45) is 2.16. The molecular weight excluding hydrogens is 959 g/mol. The number of carbonyl (C=O) groups excluding carboxylic acids is 6. The molecule has 6 atom stereocenters. The Hall–Kier alpha value is -6.35. The van der Waals surface area contributed by atoms with E-state index in [0.717, 1.165) is 0 Å². The van der Waals surface area contributed by atoms with Gasteiger partial charge in [-0.2, -0.15) is 0 Å². The highest BCUT2D eigenvalue weighted by Gasteiger charge is 2.41. The Morgan fingerprint density at radius 1 is 0.757 bits per heavy atom.